The molecule has 0 radical (unpaired) electrons. The smallest absolute Gasteiger partial charge is 0.338 e. The molecular weight excluding hydrogens is 396 g/mol. The van der Waals surface area contributed by atoms with Crippen molar-refractivity contribution in [3.05, 3.63) is 54.1 Å². The van der Waals surface area contributed by atoms with Crippen LogP contribution < -0.4 is 15.2 Å². The van der Waals surface area contributed by atoms with Crippen LogP contribution in [-0.4, -0.2) is 43.2 Å². The number of amides is 2. The predicted octanol–water partition coefficient (Wildman–Crippen LogP) is 3.19. The number of esters is 1. The summed E-state index contributed by atoms with van der Waals surface area (Å²) in [6.45, 7) is 3.08. The van der Waals surface area contributed by atoms with Crippen LogP contribution in [0.2, 0.25) is 0 Å². The number of hydrogen-bond donors (Lipinski definition) is 1. The minimum Gasteiger partial charge on any atom is -0.452 e. The summed E-state index contributed by atoms with van der Waals surface area (Å²) in [5, 5.41) is 9.02. The van der Waals surface area contributed by atoms with Gasteiger partial charge in [-0.3, -0.25) is 14.6 Å². The van der Waals surface area contributed by atoms with Crippen molar-refractivity contribution < 1.29 is 19.1 Å². The summed E-state index contributed by atoms with van der Waals surface area (Å²) in [5.41, 5.74) is 3.64. The molecule has 2 amide bonds. The van der Waals surface area contributed by atoms with Gasteiger partial charge in [-0.2, -0.15) is 5.10 Å². The molecule has 2 aliphatic heterocycles. The molecule has 8 heteroatoms. The molecule has 160 valence electrons. The lowest BCUT2D eigenvalue weighted by Gasteiger charge is -2.16. The van der Waals surface area contributed by atoms with E-state index in [9.17, 15) is 14.4 Å². The summed E-state index contributed by atoms with van der Waals surface area (Å²) >= 11 is 0. The SMILES string of the molecule is CC1=NN(c2ccc(C(=O)OCC(=O)Nc3cccc(N4CCCC4=O)c3)cc2)CC1. The molecule has 0 aliphatic carbocycles. The summed E-state index contributed by atoms with van der Waals surface area (Å²) in [6.07, 6.45) is 2.30. The zero-order valence-electron chi connectivity index (χ0n) is 17.3. The normalized spacial score (nSPS) is 15.8. The number of benzene rings is 2. The molecule has 2 aliphatic rings. The lowest BCUT2D eigenvalue weighted by molar-refractivity contribution is -0.119. The number of nitrogens with one attached hydrogen (secondary N) is 1. The molecule has 0 saturated carbocycles. The van der Waals surface area contributed by atoms with Gasteiger partial charge in [0, 0.05) is 43.0 Å². The first kappa shape index (κ1) is 20.6. The van der Waals surface area contributed by atoms with Gasteiger partial charge in [-0.15, -0.1) is 0 Å². The number of hydrazone groups is 1. The van der Waals surface area contributed by atoms with E-state index >= 15 is 0 Å². The highest BCUT2D eigenvalue weighted by Gasteiger charge is 2.22. The fourth-order valence-corrected chi connectivity index (χ4v) is 3.61. The van der Waals surface area contributed by atoms with E-state index in [2.05, 4.69) is 10.4 Å². The molecule has 31 heavy (non-hydrogen) atoms. The van der Waals surface area contributed by atoms with Crippen molar-refractivity contribution >= 4 is 40.6 Å². The van der Waals surface area contributed by atoms with Crippen LogP contribution in [0, 0.1) is 0 Å². The van der Waals surface area contributed by atoms with E-state index in [1.807, 2.05) is 30.1 Å². The van der Waals surface area contributed by atoms with Gasteiger partial charge in [0.15, 0.2) is 6.61 Å². The second-order valence-electron chi connectivity index (χ2n) is 7.58. The van der Waals surface area contributed by atoms with Gasteiger partial charge in [0.25, 0.3) is 5.91 Å². The minimum absolute atomic E-state index is 0.0788. The third-order valence-electron chi connectivity index (χ3n) is 5.23. The van der Waals surface area contributed by atoms with E-state index in [-0.39, 0.29) is 5.91 Å². The lowest BCUT2D eigenvalue weighted by atomic mass is 10.2. The Labute approximate surface area is 180 Å². The van der Waals surface area contributed by atoms with E-state index in [4.69, 9.17) is 4.74 Å². The molecule has 0 atom stereocenters. The number of carbonyl (C=O) groups excluding carboxylic acids is 3. The quantitative estimate of drug-likeness (QED) is 0.725. The highest BCUT2D eigenvalue weighted by molar-refractivity contribution is 5.98. The van der Waals surface area contributed by atoms with Gasteiger partial charge < -0.3 is 15.0 Å². The molecule has 1 N–H and O–H groups in total. The fraction of sp³-hybridized carbons (Fsp3) is 0.304. The van der Waals surface area contributed by atoms with Crippen LogP contribution in [0.25, 0.3) is 0 Å². The number of anilines is 3. The number of carbonyl (C=O) groups is 3. The van der Waals surface area contributed by atoms with Crippen molar-refractivity contribution in [3.8, 4) is 0 Å². The van der Waals surface area contributed by atoms with Gasteiger partial charge in [-0.05, 0) is 55.8 Å². The average Bonchev–Trinajstić information content (AvgIpc) is 3.40. The van der Waals surface area contributed by atoms with Crippen molar-refractivity contribution in [2.24, 2.45) is 5.10 Å². The largest absolute Gasteiger partial charge is 0.452 e. The summed E-state index contributed by atoms with van der Waals surface area (Å²) in [7, 11) is 0. The van der Waals surface area contributed by atoms with Crippen LogP contribution in [0.1, 0.15) is 36.5 Å². The molecule has 1 fully saturated rings. The molecule has 1 saturated heterocycles. The van der Waals surface area contributed by atoms with Gasteiger partial charge in [0.1, 0.15) is 0 Å². The van der Waals surface area contributed by atoms with Crippen molar-refractivity contribution in [3.63, 3.8) is 0 Å². The monoisotopic (exact) mass is 420 g/mol. The Morgan fingerprint density at radius 2 is 1.87 bits per heavy atom. The van der Waals surface area contributed by atoms with Gasteiger partial charge in [-0.1, -0.05) is 6.07 Å². The van der Waals surface area contributed by atoms with Gasteiger partial charge in [0.2, 0.25) is 5.91 Å². The van der Waals surface area contributed by atoms with Crippen LogP contribution in [-0.2, 0) is 14.3 Å². The summed E-state index contributed by atoms with van der Waals surface area (Å²) in [6, 6.07) is 14.0. The maximum atomic E-state index is 12.3. The van der Waals surface area contributed by atoms with Crippen molar-refractivity contribution in [2.45, 2.75) is 26.2 Å². The Morgan fingerprint density at radius 3 is 2.55 bits per heavy atom. The number of hydrogen-bond acceptors (Lipinski definition) is 6. The molecule has 8 nitrogen and oxygen atoms in total. The molecule has 2 heterocycles. The van der Waals surface area contributed by atoms with Gasteiger partial charge >= 0.3 is 5.97 Å². The second-order valence-corrected chi connectivity index (χ2v) is 7.58. The van der Waals surface area contributed by atoms with Gasteiger partial charge in [-0.25, -0.2) is 4.79 Å². The molecule has 0 bridgehead atoms. The molecule has 4 rings (SSSR count). The van der Waals surface area contributed by atoms with E-state index in [0.29, 0.717) is 24.2 Å². The van der Waals surface area contributed by atoms with E-state index < -0.39 is 18.5 Å². The van der Waals surface area contributed by atoms with E-state index in [1.165, 1.54) is 0 Å². The highest BCUT2D eigenvalue weighted by atomic mass is 16.5. The predicted molar refractivity (Wildman–Crippen MR) is 118 cm³/mol. The first-order valence-corrected chi connectivity index (χ1v) is 10.3. The zero-order valence-corrected chi connectivity index (χ0v) is 17.3. The summed E-state index contributed by atoms with van der Waals surface area (Å²) in [4.78, 5) is 38.1. The Kier molecular flexibility index (Phi) is 5.97. The molecule has 2 aromatic rings. The minimum atomic E-state index is -0.570. The van der Waals surface area contributed by atoms with Crippen LogP contribution in [0.3, 0.4) is 0 Å². The maximum Gasteiger partial charge on any atom is 0.338 e. The summed E-state index contributed by atoms with van der Waals surface area (Å²) in [5.74, 6) is -0.939. The van der Waals surface area contributed by atoms with E-state index in [1.54, 1.807) is 35.2 Å². The Hall–Kier alpha value is -3.68. The Bertz CT molecular complexity index is 1030. The number of rotatable bonds is 6. The second kappa shape index (κ2) is 8.99. The van der Waals surface area contributed by atoms with Crippen LogP contribution in [0.15, 0.2) is 53.6 Å². The molecule has 0 spiro atoms. The van der Waals surface area contributed by atoms with E-state index in [0.717, 1.165) is 36.5 Å². The highest BCUT2D eigenvalue weighted by Crippen LogP contribution is 2.24. The van der Waals surface area contributed by atoms with Crippen molar-refractivity contribution in [1.82, 2.24) is 0 Å². The molecule has 0 aromatic heterocycles. The lowest BCUT2D eigenvalue weighted by Crippen LogP contribution is -2.24. The first-order valence-electron chi connectivity index (χ1n) is 10.3. The fourth-order valence-electron chi connectivity index (χ4n) is 3.61. The standard InChI is InChI=1S/C23H24N4O4/c1-16-11-13-27(25-16)19-9-7-17(8-10-19)23(30)31-15-21(28)24-18-4-2-5-20(14-18)26-12-3-6-22(26)29/h2,4-5,7-10,14H,3,6,11-13,15H2,1H3,(H,24,28). The van der Waals surface area contributed by atoms with Crippen LogP contribution >= 0.6 is 0 Å². The molecular formula is C23H24N4O4. The summed E-state index contributed by atoms with van der Waals surface area (Å²) < 4.78 is 5.13. The topological polar surface area (TPSA) is 91.3 Å². The maximum absolute atomic E-state index is 12.3. The third-order valence-corrected chi connectivity index (χ3v) is 5.23. The number of ether oxygens (including phenoxy) is 1. The molecule has 0 unspecified atom stereocenters. The van der Waals surface area contributed by atoms with Crippen LogP contribution in [0.4, 0.5) is 17.1 Å². The van der Waals surface area contributed by atoms with Crippen molar-refractivity contribution in [1.29, 1.82) is 0 Å². The number of nitrogens with zero attached hydrogens (tertiary/aromatic N) is 3. The van der Waals surface area contributed by atoms with Gasteiger partial charge in [0.05, 0.1) is 11.3 Å². The zero-order chi connectivity index (χ0) is 21.8. The molecule has 2 aromatic carbocycles. The Balaban J connectivity index is 1.30. The first-order chi connectivity index (χ1) is 15.0. The Morgan fingerprint density at radius 1 is 1.06 bits per heavy atom. The average molecular weight is 420 g/mol. The van der Waals surface area contributed by atoms with Crippen LogP contribution in [0.5, 0.6) is 0 Å². The van der Waals surface area contributed by atoms with Crippen molar-refractivity contribution in [2.75, 3.05) is 34.9 Å². The third kappa shape index (κ3) is 4.91.